The summed E-state index contributed by atoms with van der Waals surface area (Å²) in [7, 11) is 1.56. The Morgan fingerprint density at radius 2 is 2.05 bits per heavy atom. The number of rotatable bonds is 5. The van der Waals surface area contributed by atoms with Crippen LogP contribution in [0.25, 0.3) is 0 Å². The topological polar surface area (TPSA) is 76.7 Å². The van der Waals surface area contributed by atoms with E-state index in [4.69, 9.17) is 9.47 Å². The van der Waals surface area contributed by atoms with Crippen molar-refractivity contribution in [3.63, 3.8) is 0 Å². The maximum absolute atomic E-state index is 11.7. The van der Waals surface area contributed by atoms with Crippen LogP contribution in [0, 0.1) is 0 Å². The van der Waals surface area contributed by atoms with E-state index in [0.29, 0.717) is 12.3 Å². The van der Waals surface area contributed by atoms with E-state index in [2.05, 4.69) is 10.6 Å². The van der Waals surface area contributed by atoms with Crippen molar-refractivity contribution in [3.8, 4) is 5.75 Å². The van der Waals surface area contributed by atoms with Gasteiger partial charge in [-0.3, -0.25) is 9.59 Å². The van der Waals surface area contributed by atoms with Crippen LogP contribution >= 0.6 is 0 Å². The van der Waals surface area contributed by atoms with Crippen LogP contribution in [0.2, 0.25) is 0 Å². The van der Waals surface area contributed by atoms with Crippen LogP contribution in [-0.2, 0) is 20.9 Å². The summed E-state index contributed by atoms with van der Waals surface area (Å²) in [5.41, 5.74) is 0.820. The van der Waals surface area contributed by atoms with Gasteiger partial charge < -0.3 is 20.1 Å². The van der Waals surface area contributed by atoms with E-state index in [1.807, 2.05) is 18.2 Å². The number of benzene rings is 1. The van der Waals surface area contributed by atoms with Crippen molar-refractivity contribution >= 4 is 11.8 Å². The molecule has 0 aromatic heterocycles. The van der Waals surface area contributed by atoms with Crippen LogP contribution in [0.1, 0.15) is 18.4 Å². The first-order valence-electron chi connectivity index (χ1n) is 7.00. The second-order valence-corrected chi connectivity index (χ2v) is 4.84. The number of carbonyl (C=O) groups excluding carboxylic acids is 2. The van der Waals surface area contributed by atoms with Crippen LogP contribution < -0.4 is 15.4 Å². The summed E-state index contributed by atoms with van der Waals surface area (Å²) < 4.78 is 10.6. The van der Waals surface area contributed by atoms with Crippen molar-refractivity contribution < 1.29 is 19.1 Å². The zero-order chi connectivity index (χ0) is 15.1. The molecule has 1 fully saturated rings. The van der Waals surface area contributed by atoms with E-state index in [-0.39, 0.29) is 12.6 Å². The highest BCUT2D eigenvalue weighted by Crippen LogP contribution is 2.16. The Balaban J connectivity index is 1.76. The number of para-hydroxylation sites is 1. The molecule has 1 saturated heterocycles. The van der Waals surface area contributed by atoms with Gasteiger partial charge in [-0.15, -0.1) is 0 Å². The molecule has 6 nitrogen and oxygen atoms in total. The Morgan fingerprint density at radius 1 is 1.29 bits per heavy atom. The fraction of sp³-hybridized carbons (Fsp3) is 0.467. The van der Waals surface area contributed by atoms with E-state index in [1.165, 1.54) is 0 Å². The Bertz CT molecular complexity index is 498. The lowest BCUT2D eigenvalue weighted by Gasteiger charge is -2.11. The third-order valence-electron chi connectivity index (χ3n) is 3.35. The van der Waals surface area contributed by atoms with E-state index >= 15 is 0 Å². The second-order valence-electron chi connectivity index (χ2n) is 4.84. The summed E-state index contributed by atoms with van der Waals surface area (Å²) >= 11 is 0. The first-order chi connectivity index (χ1) is 10.2. The molecule has 0 radical (unpaired) electrons. The van der Waals surface area contributed by atoms with E-state index in [0.717, 1.165) is 25.0 Å². The summed E-state index contributed by atoms with van der Waals surface area (Å²) in [6.45, 7) is 1.34. The van der Waals surface area contributed by atoms with Gasteiger partial charge in [0.2, 0.25) is 0 Å². The average Bonchev–Trinajstić information content (AvgIpc) is 3.03. The SMILES string of the molecule is COc1ccccc1CNC(=O)C(=O)NC[C@@H]1CCCO1. The predicted octanol–water partition coefficient (Wildman–Crippen LogP) is 0.607. The fourth-order valence-electron chi connectivity index (χ4n) is 2.20. The monoisotopic (exact) mass is 292 g/mol. The Hall–Kier alpha value is -2.08. The molecule has 0 spiro atoms. The lowest BCUT2D eigenvalue weighted by Crippen LogP contribution is -2.42. The van der Waals surface area contributed by atoms with Gasteiger partial charge in [0, 0.05) is 25.3 Å². The summed E-state index contributed by atoms with van der Waals surface area (Å²) in [5.74, 6) is -0.614. The third-order valence-corrected chi connectivity index (χ3v) is 3.35. The van der Waals surface area contributed by atoms with E-state index in [9.17, 15) is 9.59 Å². The smallest absolute Gasteiger partial charge is 0.309 e. The number of hydrogen-bond acceptors (Lipinski definition) is 4. The van der Waals surface area contributed by atoms with Crippen LogP contribution in [0.3, 0.4) is 0 Å². The summed E-state index contributed by atoms with van der Waals surface area (Å²) in [6.07, 6.45) is 1.94. The molecule has 2 rings (SSSR count). The second kappa shape index (κ2) is 7.64. The number of ether oxygens (including phenoxy) is 2. The molecule has 0 unspecified atom stereocenters. The van der Waals surface area contributed by atoms with Gasteiger partial charge in [-0.2, -0.15) is 0 Å². The van der Waals surface area contributed by atoms with Gasteiger partial charge >= 0.3 is 11.8 Å². The minimum absolute atomic E-state index is 0.0240. The Kier molecular flexibility index (Phi) is 5.57. The molecule has 1 heterocycles. The number of nitrogens with one attached hydrogen (secondary N) is 2. The van der Waals surface area contributed by atoms with Crippen LogP contribution in [-0.4, -0.2) is 38.2 Å². The lowest BCUT2D eigenvalue weighted by molar-refractivity contribution is -0.139. The highest BCUT2D eigenvalue weighted by molar-refractivity contribution is 6.35. The van der Waals surface area contributed by atoms with Crippen molar-refractivity contribution in [1.82, 2.24) is 10.6 Å². The van der Waals surface area contributed by atoms with Gasteiger partial charge in [0.25, 0.3) is 0 Å². The maximum Gasteiger partial charge on any atom is 0.309 e. The van der Waals surface area contributed by atoms with Gasteiger partial charge in [0.1, 0.15) is 5.75 Å². The van der Waals surface area contributed by atoms with Crippen molar-refractivity contribution in [2.24, 2.45) is 0 Å². The third kappa shape index (κ3) is 4.46. The molecule has 114 valence electrons. The van der Waals surface area contributed by atoms with Crippen LogP contribution in [0.4, 0.5) is 0 Å². The standard InChI is InChI=1S/C15H20N2O4/c1-20-13-7-3-2-5-11(13)9-16-14(18)15(19)17-10-12-6-4-8-21-12/h2-3,5,7,12H,4,6,8-10H2,1H3,(H,16,18)(H,17,19)/t12-/m0/s1. The minimum atomic E-state index is -0.654. The van der Waals surface area contributed by atoms with Gasteiger partial charge in [-0.25, -0.2) is 0 Å². The van der Waals surface area contributed by atoms with Crippen molar-refractivity contribution in [2.45, 2.75) is 25.5 Å². The molecule has 2 amide bonds. The largest absolute Gasteiger partial charge is 0.496 e. The molecule has 0 aliphatic carbocycles. The Labute approximate surface area is 123 Å². The van der Waals surface area contributed by atoms with Gasteiger partial charge in [0.15, 0.2) is 0 Å². The van der Waals surface area contributed by atoms with Crippen molar-refractivity contribution in [2.75, 3.05) is 20.3 Å². The fourth-order valence-corrected chi connectivity index (χ4v) is 2.20. The van der Waals surface area contributed by atoms with Crippen molar-refractivity contribution in [1.29, 1.82) is 0 Å². The lowest BCUT2D eigenvalue weighted by atomic mass is 10.2. The van der Waals surface area contributed by atoms with E-state index < -0.39 is 11.8 Å². The number of carbonyl (C=O) groups is 2. The predicted molar refractivity (Wildman–Crippen MR) is 76.8 cm³/mol. The number of hydrogen-bond donors (Lipinski definition) is 2. The molecule has 1 aromatic carbocycles. The molecular formula is C15H20N2O4. The highest BCUT2D eigenvalue weighted by Gasteiger charge is 2.19. The maximum atomic E-state index is 11.7. The number of methoxy groups -OCH3 is 1. The highest BCUT2D eigenvalue weighted by atomic mass is 16.5. The normalized spacial score (nSPS) is 17.3. The number of amides is 2. The molecule has 2 N–H and O–H groups in total. The average molecular weight is 292 g/mol. The summed E-state index contributed by atoms with van der Waals surface area (Å²) in [6, 6.07) is 7.34. The quantitative estimate of drug-likeness (QED) is 0.780. The minimum Gasteiger partial charge on any atom is -0.496 e. The molecule has 0 bridgehead atoms. The van der Waals surface area contributed by atoms with Gasteiger partial charge in [-0.05, 0) is 18.9 Å². The molecule has 1 aromatic rings. The first kappa shape index (κ1) is 15.3. The summed E-state index contributed by atoms with van der Waals surface area (Å²) in [4.78, 5) is 23.4. The Morgan fingerprint density at radius 3 is 2.76 bits per heavy atom. The zero-order valence-electron chi connectivity index (χ0n) is 12.1. The molecule has 1 atom stereocenters. The molecule has 0 saturated carbocycles. The molecule has 21 heavy (non-hydrogen) atoms. The summed E-state index contributed by atoms with van der Waals surface area (Å²) in [5, 5.41) is 5.16. The van der Waals surface area contributed by atoms with Gasteiger partial charge in [0.05, 0.1) is 13.2 Å². The van der Waals surface area contributed by atoms with Crippen LogP contribution in [0.15, 0.2) is 24.3 Å². The first-order valence-corrected chi connectivity index (χ1v) is 7.00. The zero-order valence-corrected chi connectivity index (χ0v) is 12.1. The molecule has 1 aliphatic rings. The molecule has 6 heteroatoms. The molecule has 1 aliphatic heterocycles. The van der Waals surface area contributed by atoms with Crippen LogP contribution in [0.5, 0.6) is 5.75 Å². The molecular weight excluding hydrogens is 272 g/mol. The van der Waals surface area contributed by atoms with E-state index in [1.54, 1.807) is 13.2 Å². The van der Waals surface area contributed by atoms with Gasteiger partial charge in [-0.1, -0.05) is 18.2 Å². The van der Waals surface area contributed by atoms with Crippen molar-refractivity contribution in [3.05, 3.63) is 29.8 Å².